The van der Waals surface area contributed by atoms with Crippen LogP contribution in [-0.2, 0) is 28.5 Å². The van der Waals surface area contributed by atoms with E-state index in [1.807, 2.05) is 0 Å². The quantitative estimate of drug-likeness (QED) is 0.448. The van der Waals surface area contributed by atoms with Gasteiger partial charge in [0.1, 0.15) is 12.2 Å². The standard InChI is InChI=1S/C18H32O6/c1-13-11-15(23-17(19)7-5-9-21-3)16(12-14(13)2)24-18(20)8-6-10-22-4/h13-16H,5-12H2,1-4H3. The Bertz CT molecular complexity index is 348. The molecule has 0 spiro atoms. The minimum atomic E-state index is -0.349. The molecule has 0 aromatic heterocycles. The first kappa shape index (κ1) is 20.9. The van der Waals surface area contributed by atoms with E-state index in [2.05, 4.69) is 13.8 Å². The van der Waals surface area contributed by atoms with Gasteiger partial charge in [0, 0.05) is 40.3 Å². The summed E-state index contributed by atoms with van der Waals surface area (Å²) >= 11 is 0. The smallest absolute Gasteiger partial charge is 0.306 e. The van der Waals surface area contributed by atoms with Crippen LogP contribution in [0.5, 0.6) is 0 Å². The predicted octanol–water partition coefficient (Wildman–Crippen LogP) is 2.73. The van der Waals surface area contributed by atoms with Crippen molar-refractivity contribution in [2.45, 2.75) is 64.6 Å². The zero-order valence-corrected chi connectivity index (χ0v) is 15.4. The Balaban J connectivity index is 2.53. The molecule has 4 unspecified atom stereocenters. The summed E-state index contributed by atoms with van der Waals surface area (Å²) in [5.41, 5.74) is 0. The second-order valence-electron chi connectivity index (χ2n) is 6.68. The number of hydrogen-bond donors (Lipinski definition) is 0. The minimum absolute atomic E-state index is 0.251. The van der Waals surface area contributed by atoms with Gasteiger partial charge in [-0.1, -0.05) is 13.8 Å². The summed E-state index contributed by atoms with van der Waals surface area (Å²) in [6, 6.07) is 0. The van der Waals surface area contributed by atoms with Crippen molar-refractivity contribution in [3.8, 4) is 0 Å². The molecular formula is C18H32O6. The molecule has 4 atom stereocenters. The molecule has 1 aliphatic rings. The van der Waals surface area contributed by atoms with Crippen LogP contribution in [0.1, 0.15) is 52.4 Å². The maximum absolute atomic E-state index is 12.0. The Labute approximate surface area is 145 Å². The van der Waals surface area contributed by atoms with E-state index in [-0.39, 0.29) is 24.1 Å². The van der Waals surface area contributed by atoms with Crippen LogP contribution in [0.25, 0.3) is 0 Å². The van der Waals surface area contributed by atoms with Gasteiger partial charge in [0.25, 0.3) is 0 Å². The van der Waals surface area contributed by atoms with Crippen LogP contribution in [0, 0.1) is 11.8 Å². The molecular weight excluding hydrogens is 312 g/mol. The minimum Gasteiger partial charge on any atom is -0.458 e. The lowest BCUT2D eigenvalue weighted by molar-refractivity contribution is -0.176. The zero-order valence-electron chi connectivity index (χ0n) is 15.4. The first-order valence-electron chi connectivity index (χ1n) is 8.84. The largest absolute Gasteiger partial charge is 0.458 e. The molecule has 1 saturated carbocycles. The fourth-order valence-electron chi connectivity index (χ4n) is 2.93. The van der Waals surface area contributed by atoms with Crippen LogP contribution in [0.3, 0.4) is 0 Å². The van der Waals surface area contributed by atoms with E-state index in [4.69, 9.17) is 18.9 Å². The summed E-state index contributed by atoms with van der Waals surface area (Å²) in [5.74, 6) is 0.369. The number of rotatable bonds is 10. The molecule has 0 aliphatic heterocycles. The van der Waals surface area contributed by atoms with Gasteiger partial charge in [0.2, 0.25) is 0 Å². The Morgan fingerprint density at radius 3 is 1.50 bits per heavy atom. The Morgan fingerprint density at radius 2 is 1.17 bits per heavy atom. The predicted molar refractivity (Wildman–Crippen MR) is 89.5 cm³/mol. The maximum Gasteiger partial charge on any atom is 0.306 e. The van der Waals surface area contributed by atoms with Crippen LogP contribution in [0.2, 0.25) is 0 Å². The van der Waals surface area contributed by atoms with E-state index in [9.17, 15) is 9.59 Å². The molecule has 0 bridgehead atoms. The second-order valence-corrected chi connectivity index (χ2v) is 6.68. The normalized spacial score (nSPS) is 26.8. The molecule has 0 amide bonds. The number of ether oxygens (including phenoxy) is 4. The second kappa shape index (κ2) is 11.4. The molecule has 1 fully saturated rings. The topological polar surface area (TPSA) is 71.1 Å². The fourth-order valence-corrected chi connectivity index (χ4v) is 2.93. The van der Waals surface area contributed by atoms with Gasteiger partial charge >= 0.3 is 11.9 Å². The van der Waals surface area contributed by atoms with E-state index in [0.717, 1.165) is 12.8 Å². The third-order valence-electron chi connectivity index (χ3n) is 4.62. The van der Waals surface area contributed by atoms with Crippen LogP contribution >= 0.6 is 0 Å². The van der Waals surface area contributed by atoms with E-state index in [1.54, 1.807) is 14.2 Å². The van der Waals surface area contributed by atoms with Gasteiger partial charge < -0.3 is 18.9 Å². The summed E-state index contributed by atoms with van der Waals surface area (Å²) in [6.07, 6.45) is 2.67. The van der Waals surface area contributed by atoms with E-state index in [0.29, 0.717) is 50.7 Å². The highest BCUT2D eigenvalue weighted by atomic mass is 16.6. The summed E-state index contributed by atoms with van der Waals surface area (Å²) in [7, 11) is 3.21. The number of esters is 2. The SMILES string of the molecule is COCCCC(=O)OC1CC(C)C(C)CC1OC(=O)CCCOC. The summed E-state index contributed by atoms with van der Waals surface area (Å²) < 4.78 is 21.1. The first-order valence-corrected chi connectivity index (χ1v) is 8.84. The van der Waals surface area contributed by atoms with Crippen molar-refractivity contribution >= 4 is 11.9 Å². The number of methoxy groups -OCH3 is 2. The molecule has 6 nitrogen and oxygen atoms in total. The first-order chi connectivity index (χ1) is 11.5. The van der Waals surface area contributed by atoms with Crippen molar-refractivity contribution in [3.63, 3.8) is 0 Å². The molecule has 0 aromatic rings. The van der Waals surface area contributed by atoms with Crippen LogP contribution < -0.4 is 0 Å². The molecule has 140 valence electrons. The highest BCUT2D eigenvalue weighted by Gasteiger charge is 2.37. The summed E-state index contributed by atoms with van der Waals surface area (Å²) in [4.78, 5) is 24.0. The van der Waals surface area contributed by atoms with Crippen molar-refractivity contribution in [1.82, 2.24) is 0 Å². The van der Waals surface area contributed by atoms with Crippen LogP contribution in [0.15, 0.2) is 0 Å². The highest BCUT2D eigenvalue weighted by molar-refractivity contribution is 5.70. The molecule has 0 radical (unpaired) electrons. The fraction of sp³-hybridized carbons (Fsp3) is 0.889. The molecule has 1 rings (SSSR count). The van der Waals surface area contributed by atoms with Crippen LogP contribution in [0.4, 0.5) is 0 Å². The van der Waals surface area contributed by atoms with Gasteiger partial charge in [0.05, 0.1) is 0 Å². The van der Waals surface area contributed by atoms with Gasteiger partial charge in [-0.2, -0.15) is 0 Å². The average Bonchev–Trinajstić information content (AvgIpc) is 2.52. The molecule has 0 heterocycles. The molecule has 0 aromatic carbocycles. The van der Waals surface area contributed by atoms with Gasteiger partial charge in [-0.15, -0.1) is 0 Å². The van der Waals surface area contributed by atoms with Gasteiger partial charge in [0.15, 0.2) is 0 Å². The number of hydrogen-bond acceptors (Lipinski definition) is 6. The lowest BCUT2D eigenvalue weighted by Gasteiger charge is -2.37. The number of carbonyl (C=O) groups is 2. The Morgan fingerprint density at radius 1 is 0.792 bits per heavy atom. The summed E-state index contributed by atoms with van der Waals surface area (Å²) in [6.45, 7) is 5.36. The maximum atomic E-state index is 12.0. The lowest BCUT2D eigenvalue weighted by Crippen LogP contribution is -2.43. The van der Waals surface area contributed by atoms with Crippen molar-refractivity contribution in [1.29, 1.82) is 0 Å². The van der Waals surface area contributed by atoms with Crippen molar-refractivity contribution in [2.24, 2.45) is 11.8 Å². The monoisotopic (exact) mass is 344 g/mol. The van der Waals surface area contributed by atoms with E-state index in [1.165, 1.54) is 0 Å². The van der Waals surface area contributed by atoms with E-state index < -0.39 is 0 Å². The summed E-state index contributed by atoms with van der Waals surface area (Å²) in [5, 5.41) is 0. The van der Waals surface area contributed by atoms with Crippen LogP contribution in [-0.4, -0.2) is 51.6 Å². The van der Waals surface area contributed by atoms with Gasteiger partial charge in [-0.3, -0.25) is 9.59 Å². The Kier molecular flexibility index (Phi) is 9.95. The third-order valence-corrected chi connectivity index (χ3v) is 4.62. The third kappa shape index (κ3) is 7.62. The molecule has 1 aliphatic carbocycles. The molecule has 0 N–H and O–H groups in total. The Hall–Kier alpha value is -1.14. The highest BCUT2D eigenvalue weighted by Crippen LogP contribution is 2.33. The van der Waals surface area contributed by atoms with E-state index >= 15 is 0 Å². The lowest BCUT2D eigenvalue weighted by atomic mass is 9.78. The van der Waals surface area contributed by atoms with Gasteiger partial charge in [-0.25, -0.2) is 0 Å². The zero-order chi connectivity index (χ0) is 17.9. The van der Waals surface area contributed by atoms with Crippen molar-refractivity contribution in [3.05, 3.63) is 0 Å². The molecule has 24 heavy (non-hydrogen) atoms. The average molecular weight is 344 g/mol. The number of carbonyl (C=O) groups excluding carboxylic acids is 2. The van der Waals surface area contributed by atoms with Crippen molar-refractivity contribution < 1.29 is 28.5 Å². The molecule has 0 saturated heterocycles. The van der Waals surface area contributed by atoms with Crippen molar-refractivity contribution in [2.75, 3.05) is 27.4 Å². The molecule has 6 heteroatoms. The van der Waals surface area contributed by atoms with Gasteiger partial charge in [-0.05, 0) is 37.5 Å².